The standard InChI is InChI=1S/C27H24F3N7O3/c1-13-18(4-3-8-32-13)34-25(38)22-23(31)35-37-9-7-19(33-24(22)37)16-10-17-12-36(14(2)15-5-6-15)26(39)21(17)20(11-16)40-27(28,29)30/h3-4,7-11,14-15H,5-6,12H2,1-2H3,(H2,31,35)(H,34,38)/t14-/m0/s1. The van der Waals surface area contributed by atoms with Gasteiger partial charge in [-0.1, -0.05) is 0 Å². The quantitative estimate of drug-likeness (QED) is 0.359. The summed E-state index contributed by atoms with van der Waals surface area (Å²) < 4.78 is 45.8. The van der Waals surface area contributed by atoms with Crippen LogP contribution in [0.5, 0.6) is 5.75 Å². The summed E-state index contributed by atoms with van der Waals surface area (Å²) in [6.45, 7) is 3.80. The van der Waals surface area contributed by atoms with Gasteiger partial charge in [0, 0.05) is 30.5 Å². The summed E-state index contributed by atoms with van der Waals surface area (Å²) >= 11 is 0. The highest BCUT2D eigenvalue weighted by molar-refractivity contribution is 6.11. The first-order valence-electron chi connectivity index (χ1n) is 12.6. The second-order valence-corrected chi connectivity index (χ2v) is 10.00. The maximum Gasteiger partial charge on any atom is 0.573 e. The van der Waals surface area contributed by atoms with E-state index in [1.807, 2.05) is 6.92 Å². The molecule has 3 aromatic heterocycles. The van der Waals surface area contributed by atoms with Crippen molar-refractivity contribution in [2.24, 2.45) is 5.92 Å². The monoisotopic (exact) mass is 551 g/mol. The smallest absolute Gasteiger partial charge is 0.405 e. The van der Waals surface area contributed by atoms with Crippen LogP contribution >= 0.6 is 0 Å². The zero-order chi connectivity index (χ0) is 28.3. The Balaban J connectivity index is 1.41. The van der Waals surface area contributed by atoms with Crippen LogP contribution in [-0.4, -0.2) is 48.7 Å². The summed E-state index contributed by atoms with van der Waals surface area (Å²) in [6.07, 6.45) is 0.0506. The Morgan fingerprint density at radius 3 is 2.73 bits per heavy atom. The third kappa shape index (κ3) is 4.56. The first kappa shape index (κ1) is 25.6. The number of rotatable bonds is 6. The van der Waals surface area contributed by atoms with Crippen molar-refractivity contribution in [2.75, 3.05) is 11.1 Å². The topological polar surface area (TPSA) is 128 Å². The molecular weight excluding hydrogens is 527 g/mol. The van der Waals surface area contributed by atoms with Crippen LogP contribution in [0.1, 0.15) is 51.7 Å². The first-order chi connectivity index (χ1) is 19.0. The van der Waals surface area contributed by atoms with E-state index in [1.54, 1.807) is 36.2 Å². The van der Waals surface area contributed by atoms with E-state index in [1.165, 1.54) is 16.8 Å². The number of aromatic nitrogens is 4. The highest BCUT2D eigenvalue weighted by Gasteiger charge is 2.42. The molecule has 2 aliphatic rings. The van der Waals surface area contributed by atoms with E-state index in [2.05, 4.69) is 25.1 Å². The van der Waals surface area contributed by atoms with Crippen LogP contribution in [0, 0.1) is 12.8 Å². The van der Waals surface area contributed by atoms with Crippen LogP contribution in [0.4, 0.5) is 24.7 Å². The Morgan fingerprint density at radius 2 is 2.02 bits per heavy atom. The number of nitrogens with zero attached hydrogens (tertiary/aromatic N) is 5. The van der Waals surface area contributed by atoms with E-state index in [-0.39, 0.29) is 46.4 Å². The summed E-state index contributed by atoms with van der Waals surface area (Å²) in [5.41, 5.74) is 8.06. The molecule has 1 aliphatic carbocycles. The van der Waals surface area contributed by atoms with E-state index >= 15 is 0 Å². The molecule has 0 unspecified atom stereocenters. The van der Waals surface area contributed by atoms with Gasteiger partial charge in [-0.25, -0.2) is 9.50 Å². The molecule has 10 nitrogen and oxygen atoms in total. The van der Waals surface area contributed by atoms with Crippen molar-refractivity contribution in [1.82, 2.24) is 24.5 Å². The minimum Gasteiger partial charge on any atom is -0.405 e. The number of nitrogen functional groups attached to an aromatic ring is 1. The number of benzene rings is 1. The van der Waals surface area contributed by atoms with Crippen LogP contribution in [0.25, 0.3) is 16.9 Å². The first-order valence-corrected chi connectivity index (χ1v) is 12.6. The number of amides is 2. The molecule has 1 aromatic carbocycles. The third-order valence-electron chi connectivity index (χ3n) is 7.31. The minimum absolute atomic E-state index is 0.00219. The van der Waals surface area contributed by atoms with Gasteiger partial charge in [-0.3, -0.25) is 14.6 Å². The Morgan fingerprint density at radius 1 is 1.25 bits per heavy atom. The molecule has 3 N–H and O–H groups in total. The molecule has 0 saturated heterocycles. The average molecular weight is 552 g/mol. The number of nitrogens with one attached hydrogen (secondary N) is 1. The highest BCUT2D eigenvalue weighted by atomic mass is 19.4. The van der Waals surface area contributed by atoms with Crippen molar-refractivity contribution in [1.29, 1.82) is 0 Å². The second-order valence-electron chi connectivity index (χ2n) is 10.00. The van der Waals surface area contributed by atoms with E-state index in [0.29, 0.717) is 22.9 Å². The molecule has 1 aliphatic heterocycles. The van der Waals surface area contributed by atoms with Crippen LogP contribution in [-0.2, 0) is 6.54 Å². The number of fused-ring (bicyclic) bond motifs is 2. The fourth-order valence-electron chi connectivity index (χ4n) is 5.08. The van der Waals surface area contributed by atoms with Gasteiger partial charge in [-0.15, -0.1) is 18.3 Å². The van der Waals surface area contributed by atoms with E-state index in [9.17, 15) is 22.8 Å². The number of aryl methyl sites for hydroxylation is 1. The Hall–Kier alpha value is -4.68. The Labute approximate surface area is 226 Å². The van der Waals surface area contributed by atoms with Gasteiger partial charge in [0.1, 0.15) is 11.3 Å². The minimum atomic E-state index is -5.00. The number of carbonyl (C=O) groups is 2. The summed E-state index contributed by atoms with van der Waals surface area (Å²) in [7, 11) is 0. The number of nitrogens with two attached hydrogens (primary N) is 1. The van der Waals surface area contributed by atoms with E-state index < -0.39 is 23.9 Å². The van der Waals surface area contributed by atoms with Crippen LogP contribution in [0.3, 0.4) is 0 Å². The van der Waals surface area contributed by atoms with Crippen molar-refractivity contribution in [3.05, 3.63) is 65.1 Å². The lowest BCUT2D eigenvalue weighted by Gasteiger charge is -2.24. The van der Waals surface area contributed by atoms with Crippen molar-refractivity contribution in [3.63, 3.8) is 0 Å². The number of halogens is 3. The average Bonchev–Trinajstić information content (AvgIpc) is 3.61. The van der Waals surface area contributed by atoms with Crippen LogP contribution in [0.15, 0.2) is 42.7 Å². The predicted molar refractivity (Wildman–Crippen MR) is 139 cm³/mol. The number of hydrogen-bond acceptors (Lipinski definition) is 7. The Kier molecular flexibility index (Phi) is 5.89. The van der Waals surface area contributed by atoms with Gasteiger partial charge >= 0.3 is 6.36 Å². The molecule has 6 rings (SSSR count). The van der Waals surface area contributed by atoms with Crippen molar-refractivity contribution in [2.45, 2.75) is 45.6 Å². The fourth-order valence-corrected chi connectivity index (χ4v) is 5.08. The van der Waals surface area contributed by atoms with Crippen LogP contribution < -0.4 is 15.8 Å². The molecule has 1 atom stereocenters. The van der Waals surface area contributed by atoms with Crippen molar-refractivity contribution in [3.8, 4) is 17.0 Å². The lowest BCUT2D eigenvalue weighted by molar-refractivity contribution is -0.274. The van der Waals surface area contributed by atoms with Gasteiger partial charge in [-0.2, -0.15) is 0 Å². The number of carbonyl (C=O) groups excluding carboxylic acids is 2. The third-order valence-corrected chi connectivity index (χ3v) is 7.31. The summed E-state index contributed by atoms with van der Waals surface area (Å²) in [5.74, 6) is -1.39. The van der Waals surface area contributed by atoms with Crippen molar-refractivity contribution >= 4 is 29.0 Å². The zero-order valence-corrected chi connectivity index (χ0v) is 21.5. The lowest BCUT2D eigenvalue weighted by Crippen LogP contribution is -2.34. The molecular formula is C27H24F3N7O3. The van der Waals surface area contributed by atoms with E-state index in [4.69, 9.17) is 5.73 Å². The van der Waals surface area contributed by atoms with Gasteiger partial charge in [-0.05, 0) is 68.5 Å². The van der Waals surface area contributed by atoms with Gasteiger partial charge in [0.05, 0.1) is 22.6 Å². The van der Waals surface area contributed by atoms with Gasteiger partial charge in [0.2, 0.25) is 0 Å². The molecule has 13 heteroatoms. The lowest BCUT2D eigenvalue weighted by atomic mass is 10.0. The number of anilines is 2. The summed E-state index contributed by atoms with van der Waals surface area (Å²) in [4.78, 5) is 36.6. The number of ether oxygens (including phenoxy) is 1. The van der Waals surface area contributed by atoms with Crippen LogP contribution in [0.2, 0.25) is 0 Å². The molecule has 2 amide bonds. The van der Waals surface area contributed by atoms with Crippen molar-refractivity contribution < 1.29 is 27.5 Å². The predicted octanol–water partition coefficient (Wildman–Crippen LogP) is 4.59. The SMILES string of the molecule is Cc1ncccc1NC(=O)c1c(N)nn2ccc(-c3cc4c(c(OC(F)(F)F)c3)C(=O)N([C@@H](C)C3CC3)C4)nc12. The maximum atomic E-state index is 13.4. The molecule has 0 spiro atoms. The zero-order valence-electron chi connectivity index (χ0n) is 21.5. The molecule has 0 radical (unpaired) electrons. The second kappa shape index (κ2) is 9.21. The molecule has 206 valence electrons. The molecule has 1 fully saturated rings. The number of hydrogen-bond donors (Lipinski definition) is 2. The maximum absolute atomic E-state index is 13.4. The molecule has 4 aromatic rings. The summed E-state index contributed by atoms with van der Waals surface area (Å²) in [6, 6.07) is 7.57. The highest BCUT2D eigenvalue weighted by Crippen LogP contribution is 2.42. The summed E-state index contributed by atoms with van der Waals surface area (Å²) in [5, 5.41) is 6.89. The number of pyridine rings is 1. The fraction of sp³-hybridized carbons (Fsp3) is 0.296. The van der Waals surface area contributed by atoms with Gasteiger partial charge < -0.3 is 20.7 Å². The largest absolute Gasteiger partial charge is 0.573 e. The molecule has 0 bridgehead atoms. The number of alkyl halides is 3. The normalized spacial score (nSPS) is 15.8. The van der Waals surface area contributed by atoms with E-state index in [0.717, 1.165) is 18.9 Å². The van der Waals surface area contributed by atoms with Gasteiger partial charge in [0.25, 0.3) is 11.8 Å². The Bertz CT molecular complexity index is 1680. The molecule has 1 saturated carbocycles. The van der Waals surface area contributed by atoms with Gasteiger partial charge in [0.15, 0.2) is 11.5 Å². The molecule has 40 heavy (non-hydrogen) atoms. The molecule has 4 heterocycles.